The molecule has 1 amide bonds. The van der Waals surface area contributed by atoms with Gasteiger partial charge in [0.25, 0.3) is 0 Å². The number of carbonyl (C=O) groups is 2. The van der Waals surface area contributed by atoms with Gasteiger partial charge in [0.05, 0.1) is 12.2 Å². The summed E-state index contributed by atoms with van der Waals surface area (Å²) in [4.78, 5) is 25.7. The highest BCUT2D eigenvalue weighted by atomic mass is 32.1. The molecule has 28 heavy (non-hydrogen) atoms. The summed E-state index contributed by atoms with van der Waals surface area (Å²) in [6, 6.07) is 19.7. The summed E-state index contributed by atoms with van der Waals surface area (Å²) in [6.45, 7) is 4.09. The first-order chi connectivity index (χ1) is 13.6. The van der Waals surface area contributed by atoms with Crippen molar-refractivity contribution in [3.05, 3.63) is 77.4 Å². The van der Waals surface area contributed by atoms with Crippen molar-refractivity contribution in [1.82, 2.24) is 0 Å². The summed E-state index contributed by atoms with van der Waals surface area (Å²) in [5, 5.41) is 3.43. The van der Waals surface area contributed by atoms with Crippen molar-refractivity contribution in [1.29, 1.82) is 0 Å². The Morgan fingerprint density at radius 1 is 1.04 bits per heavy atom. The minimum atomic E-state index is -0.422. The van der Waals surface area contributed by atoms with Gasteiger partial charge in [0.2, 0.25) is 5.91 Å². The molecule has 1 N–H and O–H groups in total. The predicted molar refractivity (Wildman–Crippen MR) is 114 cm³/mol. The number of anilines is 1. The Labute approximate surface area is 169 Å². The molecule has 0 unspecified atom stereocenters. The molecule has 0 bridgehead atoms. The van der Waals surface area contributed by atoms with E-state index in [1.165, 1.54) is 16.9 Å². The van der Waals surface area contributed by atoms with Crippen LogP contribution in [0.15, 0.2) is 60.7 Å². The summed E-state index contributed by atoms with van der Waals surface area (Å²) in [5.74, 6) is -0.539. The molecule has 0 radical (unpaired) electrons. The number of carbonyl (C=O) groups excluding carboxylic acids is 2. The molecule has 0 spiro atoms. The van der Waals surface area contributed by atoms with Crippen LogP contribution in [0.4, 0.5) is 5.00 Å². The molecule has 0 aliphatic rings. The molecule has 5 heteroatoms. The number of benzene rings is 2. The molecular weight excluding hydrogens is 370 g/mol. The van der Waals surface area contributed by atoms with E-state index >= 15 is 0 Å². The van der Waals surface area contributed by atoms with Crippen LogP contribution in [0.3, 0.4) is 0 Å². The van der Waals surface area contributed by atoms with Gasteiger partial charge in [0.15, 0.2) is 0 Å². The van der Waals surface area contributed by atoms with Gasteiger partial charge in [0, 0.05) is 11.3 Å². The maximum absolute atomic E-state index is 12.5. The number of aryl methyl sites for hydroxylation is 2. The van der Waals surface area contributed by atoms with Crippen molar-refractivity contribution in [2.75, 3.05) is 11.9 Å². The second-order valence-electron chi connectivity index (χ2n) is 6.47. The molecule has 3 rings (SSSR count). The van der Waals surface area contributed by atoms with Gasteiger partial charge < -0.3 is 10.1 Å². The number of rotatable bonds is 7. The van der Waals surface area contributed by atoms with Gasteiger partial charge in [-0.05, 0) is 37.5 Å². The lowest BCUT2D eigenvalue weighted by atomic mass is 10.1. The lowest BCUT2D eigenvalue weighted by Crippen LogP contribution is -2.14. The Morgan fingerprint density at radius 3 is 2.43 bits per heavy atom. The first-order valence-electron chi connectivity index (χ1n) is 9.28. The average Bonchev–Trinajstić information content (AvgIpc) is 3.12. The van der Waals surface area contributed by atoms with Gasteiger partial charge in [-0.1, -0.05) is 60.2 Å². The van der Waals surface area contributed by atoms with E-state index in [1.54, 1.807) is 13.0 Å². The van der Waals surface area contributed by atoms with Crippen LogP contribution in [-0.2, 0) is 16.0 Å². The normalized spacial score (nSPS) is 10.5. The lowest BCUT2D eigenvalue weighted by Gasteiger charge is -2.06. The Hall–Kier alpha value is -2.92. The van der Waals surface area contributed by atoms with E-state index in [4.69, 9.17) is 4.74 Å². The third-order valence-electron chi connectivity index (χ3n) is 4.30. The number of ether oxygens (including phenoxy) is 1. The fourth-order valence-corrected chi connectivity index (χ4v) is 3.86. The van der Waals surface area contributed by atoms with Crippen molar-refractivity contribution in [3.63, 3.8) is 0 Å². The van der Waals surface area contributed by atoms with E-state index in [2.05, 4.69) is 5.32 Å². The molecular formula is C23H23NO3S. The smallest absolute Gasteiger partial charge is 0.341 e. The molecule has 1 aromatic heterocycles. The highest BCUT2D eigenvalue weighted by Gasteiger charge is 2.19. The SMILES string of the molecule is CCOC(=O)c1cc(-c2ccccc2)sc1NC(=O)CCc1ccc(C)cc1. The molecule has 0 aliphatic heterocycles. The topological polar surface area (TPSA) is 55.4 Å². The molecule has 0 fully saturated rings. The third-order valence-corrected chi connectivity index (χ3v) is 5.40. The largest absolute Gasteiger partial charge is 0.462 e. The number of thiophene rings is 1. The van der Waals surface area contributed by atoms with Crippen molar-refractivity contribution in [2.45, 2.75) is 26.7 Å². The van der Waals surface area contributed by atoms with Gasteiger partial charge in [-0.3, -0.25) is 4.79 Å². The van der Waals surface area contributed by atoms with Crippen LogP contribution in [0.5, 0.6) is 0 Å². The van der Waals surface area contributed by atoms with E-state index in [1.807, 2.05) is 61.5 Å². The van der Waals surface area contributed by atoms with Crippen LogP contribution in [-0.4, -0.2) is 18.5 Å². The molecule has 0 saturated heterocycles. The summed E-state index contributed by atoms with van der Waals surface area (Å²) in [5.41, 5.74) is 3.70. The maximum atomic E-state index is 12.5. The predicted octanol–water partition coefficient (Wildman–Crippen LogP) is 5.47. The fraction of sp³-hybridized carbons (Fsp3) is 0.217. The molecule has 0 aliphatic carbocycles. The van der Waals surface area contributed by atoms with Crippen LogP contribution >= 0.6 is 11.3 Å². The van der Waals surface area contributed by atoms with Crippen molar-refractivity contribution in [2.24, 2.45) is 0 Å². The van der Waals surface area contributed by atoms with Crippen LogP contribution in [0.1, 0.15) is 34.8 Å². The Kier molecular flexibility index (Phi) is 6.61. The van der Waals surface area contributed by atoms with Gasteiger partial charge in [0.1, 0.15) is 5.00 Å². The van der Waals surface area contributed by atoms with Crippen LogP contribution in [0.2, 0.25) is 0 Å². The highest BCUT2D eigenvalue weighted by Crippen LogP contribution is 2.36. The highest BCUT2D eigenvalue weighted by molar-refractivity contribution is 7.20. The van der Waals surface area contributed by atoms with E-state index < -0.39 is 5.97 Å². The maximum Gasteiger partial charge on any atom is 0.341 e. The summed E-state index contributed by atoms with van der Waals surface area (Å²) < 4.78 is 5.16. The van der Waals surface area contributed by atoms with E-state index in [-0.39, 0.29) is 12.5 Å². The molecule has 2 aromatic carbocycles. The number of nitrogens with one attached hydrogen (secondary N) is 1. The molecule has 3 aromatic rings. The monoisotopic (exact) mass is 393 g/mol. The van der Waals surface area contributed by atoms with Gasteiger partial charge >= 0.3 is 5.97 Å². The summed E-state index contributed by atoms with van der Waals surface area (Å²) >= 11 is 1.39. The molecule has 1 heterocycles. The van der Waals surface area contributed by atoms with Gasteiger partial charge in [-0.15, -0.1) is 11.3 Å². The van der Waals surface area contributed by atoms with Crippen LogP contribution in [0, 0.1) is 6.92 Å². The summed E-state index contributed by atoms with van der Waals surface area (Å²) in [7, 11) is 0. The Bertz CT molecular complexity index is 946. The van der Waals surface area contributed by atoms with Crippen LogP contribution < -0.4 is 5.32 Å². The average molecular weight is 394 g/mol. The second kappa shape index (κ2) is 9.33. The Morgan fingerprint density at radius 2 is 1.75 bits per heavy atom. The molecule has 0 saturated carbocycles. The minimum Gasteiger partial charge on any atom is -0.462 e. The van der Waals surface area contributed by atoms with Gasteiger partial charge in [-0.2, -0.15) is 0 Å². The molecule has 4 nitrogen and oxygen atoms in total. The van der Waals surface area contributed by atoms with E-state index in [9.17, 15) is 9.59 Å². The second-order valence-corrected chi connectivity index (χ2v) is 7.53. The standard InChI is InChI=1S/C23H23NO3S/c1-3-27-23(26)19-15-20(18-7-5-4-6-8-18)28-22(19)24-21(25)14-13-17-11-9-16(2)10-12-17/h4-12,15H,3,13-14H2,1-2H3,(H,24,25). The third kappa shape index (κ3) is 5.08. The first kappa shape index (κ1) is 19.8. The summed E-state index contributed by atoms with van der Waals surface area (Å²) in [6.07, 6.45) is 1.00. The number of hydrogen-bond donors (Lipinski definition) is 1. The molecule has 0 atom stereocenters. The number of amides is 1. The first-order valence-corrected chi connectivity index (χ1v) is 10.1. The zero-order valence-electron chi connectivity index (χ0n) is 16.0. The lowest BCUT2D eigenvalue weighted by molar-refractivity contribution is -0.116. The zero-order valence-corrected chi connectivity index (χ0v) is 16.8. The minimum absolute atomic E-state index is 0.118. The fourth-order valence-electron chi connectivity index (χ4n) is 2.79. The quantitative estimate of drug-likeness (QED) is 0.542. The number of hydrogen-bond acceptors (Lipinski definition) is 4. The van der Waals surface area contributed by atoms with Crippen LogP contribution in [0.25, 0.3) is 10.4 Å². The Balaban J connectivity index is 1.75. The van der Waals surface area contributed by atoms with Crippen molar-refractivity contribution < 1.29 is 14.3 Å². The van der Waals surface area contributed by atoms with E-state index in [0.717, 1.165) is 16.0 Å². The van der Waals surface area contributed by atoms with Crippen molar-refractivity contribution >= 4 is 28.2 Å². The number of esters is 1. The molecule has 144 valence electrons. The van der Waals surface area contributed by atoms with Gasteiger partial charge in [-0.25, -0.2) is 4.79 Å². The zero-order chi connectivity index (χ0) is 19.9. The van der Waals surface area contributed by atoms with E-state index in [0.29, 0.717) is 23.4 Å². The van der Waals surface area contributed by atoms with Crippen molar-refractivity contribution in [3.8, 4) is 10.4 Å².